The molecule has 0 aliphatic carbocycles. The average molecular weight is 453 g/mol. The Labute approximate surface area is 191 Å². The highest BCUT2D eigenvalue weighted by molar-refractivity contribution is 7.71. The van der Waals surface area contributed by atoms with E-state index >= 15 is 0 Å². The second-order valence-corrected chi connectivity index (χ2v) is 8.27. The van der Waals surface area contributed by atoms with Gasteiger partial charge in [-0.3, -0.25) is 9.47 Å². The second-order valence-electron chi connectivity index (χ2n) is 7.47. The molecular weight excluding hydrogens is 431 g/mol. The van der Waals surface area contributed by atoms with Gasteiger partial charge >= 0.3 is 0 Å². The minimum Gasteiger partial charge on any atom is -0.295 e. The molecule has 0 radical (unpaired) electrons. The van der Waals surface area contributed by atoms with Gasteiger partial charge in [0.25, 0.3) is 0 Å². The quantitative estimate of drug-likeness (QED) is 0.321. The smallest absolute Gasteiger partial charge is 0.199 e. The first-order valence-electron chi connectivity index (χ1n) is 9.90. The highest BCUT2D eigenvalue weighted by Gasteiger charge is 2.15. The lowest BCUT2D eigenvalue weighted by molar-refractivity contribution is 0.244. The zero-order valence-electron chi connectivity index (χ0n) is 17.1. The molecular formula is C24H22ClFN4S. The van der Waals surface area contributed by atoms with Crippen molar-refractivity contribution in [3.63, 3.8) is 0 Å². The predicted molar refractivity (Wildman–Crippen MR) is 125 cm³/mol. The standard InChI is InChI=1S/C24H22ClFN4S/c1-28(15-19-7-13-22(26)14-8-19)17-30-24(31)29(16-18-5-3-2-4-6-18)23(27-30)20-9-11-21(25)12-10-20/h2-14H,15-17H2,1H3. The molecule has 158 valence electrons. The molecule has 4 aromatic rings. The number of hydrogen-bond donors (Lipinski definition) is 0. The third-order valence-electron chi connectivity index (χ3n) is 4.95. The fraction of sp³-hybridized carbons (Fsp3) is 0.167. The van der Waals surface area contributed by atoms with Crippen LogP contribution in [-0.4, -0.2) is 26.3 Å². The van der Waals surface area contributed by atoms with Crippen LogP contribution in [0.3, 0.4) is 0 Å². The molecule has 31 heavy (non-hydrogen) atoms. The maximum Gasteiger partial charge on any atom is 0.199 e. The Morgan fingerprint density at radius 2 is 1.61 bits per heavy atom. The molecule has 0 saturated carbocycles. The zero-order chi connectivity index (χ0) is 21.8. The first-order valence-corrected chi connectivity index (χ1v) is 10.7. The lowest BCUT2D eigenvalue weighted by Gasteiger charge is -2.16. The van der Waals surface area contributed by atoms with Crippen LogP contribution in [0.4, 0.5) is 4.39 Å². The van der Waals surface area contributed by atoms with E-state index in [0.29, 0.717) is 29.6 Å². The Kier molecular flexibility index (Phi) is 6.61. The molecule has 3 aromatic carbocycles. The van der Waals surface area contributed by atoms with E-state index in [0.717, 1.165) is 22.5 Å². The summed E-state index contributed by atoms with van der Waals surface area (Å²) in [6, 6.07) is 24.3. The fourth-order valence-corrected chi connectivity index (χ4v) is 3.81. The lowest BCUT2D eigenvalue weighted by atomic mass is 10.2. The van der Waals surface area contributed by atoms with Crippen molar-refractivity contribution >= 4 is 23.8 Å². The first-order chi connectivity index (χ1) is 15.0. The Morgan fingerprint density at radius 3 is 2.29 bits per heavy atom. The third-order valence-corrected chi connectivity index (χ3v) is 5.63. The monoisotopic (exact) mass is 452 g/mol. The molecule has 0 aliphatic rings. The van der Waals surface area contributed by atoms with E-state index in [1.54, 1.807) is 12.1 Å². The Morgan fingerprint density at radius 1 is 0.935 bits per heavy atom. The maximum absolute atomic E-state index is 13.2. The summed E-state index contributed by atoms with van der Waals surface area (Å²) in [7, 11) is 1.99. The van der Waals surface area contributed by atoms with Crippen molar-refractivity contribution in [3.05, 3.63) is 106 Å². The number of rotatable bonds is 7. The Balaban J connectivity index is 1.64. The van der Waals surface area contributed by atoms with Gasteiger partial charge in [-0.2, -0.15) is 5.10 Å². The minimum atomic E-state index is -0.235. The molecule has 0 amide bonds. The van der Waals surface area contributed by atoms with Crippen molar-refractivity contribution in [1.29, 1.82) is 0 Å². The van der Waals surface area contributed by atoms with Crippen LogP contribution in [0.5, 0.6) is 0 Å². The summed E-state index contributed by atoms with van der Waals surface area (Å²) in [6.07, 6.45) is 0. The summed E-state index contributed by atoms with van der Waals surface area (Å²) in [5.41, 5.74) is 3.12. The molecule has 1 heterocycles. The molecule has 0 bridgehead atoms. The molecule has 0 unspecified atom stereocenters. The van der Waals surface area contributed by atoms with Crippen LogP contribution in [0.2, 0.25) is 5.02 Å². The number of benzene rings is 3. The lowest BCUT2D eigenvalue weighted by Crippen LogP contribution is -2.22. The van der Waals surface area contributed by atoms with Gasteiger partial charge in [0.05, 0.1) is 13.2 Å². The predicted octanol–water partition coefficient (Wildman–Crippen LogP) is 6.01. The molecule has 0 spiro atoms. The highest BCUT2D eigenvalue weighted by Crippen LogP contribution is 2.22. The summed E-state index contributed by atoms with van der Waals surface area (Å²) < 4.78 is 17.7. The zero-order valence-corrected chi connectivity index (χ0v) is 18.7. The van der Waals surface area contributed by atoms with E-state index in [2.05, 4.69) is 17.0 Å². The van der Waals surface area contributed by atoms with Gasteiger partial charge in [-0.25, -0.2) is 9.07 Å². The highest BCUT2D eigenvalue weighted by atomic mass is 35.5. The van der Waals surface area contributed by atoms with E-state index in [9.17, 15) is 4.39 Å². The van der Waals surface area contributed by atoms with Gasteiger partial charge in [0, 0.05) is 17.1 Å². The van der Waals surface area contributed by atoms with Crippen molar-refractivity contribution in [3.8, 4) is 11.4 Å². The van der Waals surface area contributed by atoms with Gasteiger partial charge < -0.3 is 0 Å². The molecule has 7 heteroatoms. The Hall–Kier alpha value is -2.80. The van der Waals surface area contributed by atoms with E-state index in [1.807, 2.05) is 58.8 Å². The van der Waals surface area contributed by atoms with Crippen molar-refractivity contribution in [2.24, 2.45) is 0 Å². The normalized spacial score (nSPS) is 11.2. The second kappa shape index (κ2) is 9.56. The van der Waals surface area contributed by atoms with Gasteiger partial charge in [0.15, 0.2) is 10.6 Å². The molecule has 0 N–H and O–H groups in total. The van der Waals surface area contributed by atoms with E-state index < -0.39 is 0 Å². The fourth-order valence-electron chi connectivity index (χ4n) is 3.43. The van der Waals surface area contributed by atoms with E-state index in [-0.39, 0.29) is 5.82 Å². The summed E-state index contributed by atoms with van der Waals surface area (Å²) in [5, 5.41) is 5.51. The first kappa shape index (κ1) is 21.4. The topological polar surface area (TPSA) is 26.0 Å². The average Bonchev–Trinajstić information content (AvgIpc) is 3.06. The van der Waals surface area contributed by atoms with Crippen LogP contribution in [-0.2, 0) is 19.8 Å². The SMILES string of the molecule is CN(Cc1ccc(F)cc1)Cn1nc(-c2ccc(Cl)cc2)n(Cc2ccccc2)c1=S. The largest absolute Gasteiger partial charge is 0.295 e. The molecule has 4 rings (SSSR count). The van der Waals surface area contributed by atoms with Crippen molar-refractivity contribution in [2.75, 3.05) is 7.05 Å². The van der Waals surface area contributed by atoms with Crippen molar-refractivity contribution in [1.82, 2.24) is 19.2 Å². The number of halogens is 2. The van der Waals surface area contributed by atoms with Crippen LogP contribution in [0, 0.1) is 10.6 Å². The van der Waals surface area contributed by atoms with Gasteiger partial charge in [-0.15, -0.1) is 0 Å². The Bertz CT molecular complexity index is 1200. The molecule has 0 aliphatic heterocycles. The minimum absolute atomic E-state index is 0.235. The van der Waals surface area contributed by atoms with Crippen LogP contribution in [0.1, 0.15) is 11.1 Å². The van der Waals surface area contributed by atoms with Crippen LogP contribution >= 0.6 is 23.8 Å². The van der Waals surface area contributed by atoms with Gasteiger partial charge in [-0.05, 0) is 66.8 Å². The van der Waals surface area contributed by atoms with Crippen LogP contribution < -0.4 is 0 Å². The summed E-state index contributed by atoms with van der Waals surface area (Å²) in [6.45, 7) is 1.79. The number of hydrogen-bond acceptors (Lipinski definition) is 3. The van der Waals surface area contributed by atoms with E-state index in [4.69, 9.17) is 28.9 Å². The van der Waals surface area contributed by atoms with Gasteiger partial charge in [-0.1, -0.05) is 54.1 Å². The maximum atomic E-state index is 13.2. The molecule has 1 aromatic heterocycles. The molecule has 0 saturated heterocycles. The van der Waals surface area contributed by atoms with Crippen molar-refractivity contribution < 1.29 is 4.39 Å². The summed E-state index contributed by atoms with van der Waals surface area (Å²) >= 11 is 11.9. The van der Waals surface area contributed by atoms with Crippen LogP contribution in [0.15, 0.2) is 78.9 Å². The van der Waals surface area contributed by atoms with E-state index in [1.165, 1.54) is 12.1 Å². The summed E-state index contributed by atoms with van der Waals surface area (Å²) in [5.74, 6) is 0.557. The number of aromatic nitrogens is 3. The van der Waals surface area contributed by atoms with Crippen molar-refractivity contribution in [2.45, 2.75) is 19.8 Å². The molecule has 0 atom stereocenters. The number of nitrogens with zero attached hydrogens (tertiary/aromatic N) is 4. The molecule has 4 nitrogen and oxygen atoms in total. The summed E-state index contributed by atoms with van der Waals surface area (Å²) in [4.78, 5) is 2.09. The van der Waals surface area contributed by atoms with Gasteiger partial charge in [0.1, 0.15) is 5.82 Å². The van der Waals surface area contributed by atoms with Crippen LogP contribution in [0.25, 0.3) is 11.4 Å². The third kappa shape index (κ3) is 5.28. The van der Waals surface area contributed by atoms with Gasteiger partial charge in [0.2, 0.25) is 0 Å². The molecule has 0 fully saturated rings.